The van der Waals surface area contributed by atoms with Gasteiger partial charge in [0.05, 0.1) is 18.2 Å². The molecule has 0 saturated carbocycles. The molecule has 1 aromatic heterocycles. The zero-order valence-electron chi connectivity index (χ0n) is 11.4. The first-order chi connectivity index (χ1) is 10.1. The number of aryl methyl sites for hydroxylation is 1. The summed E-state index contributed by atoms with van der Waals surface area (Å²) in [6, 6.07) is 10.5. The maximum atomic E-state index is 12.2. The van der Waals surface area contributed by atoms with Crippen LogP contribution < -0.4 is 11.2 Å². The largest absolute Gasteiger partial charge is 0.331 e. The van der Waals surface area contributed by atoms with Gasteiger partial charge in [-0.2, -0.15) is 10.5 Å². The molecule has 6 nitrogen and oxygen atoms in total. The Morgan fingerprint density at radius 2 is 1.95 bits per heavy atom. The molecule has 0 bridgehead atoms. The maximum Gasteiger partial charge on any atom is 0.331 e. The first-order valence-corrected chi connectivity index (χ1v) is 6.34. The van der Waals surface area contributed by atoms with Gasteiger partial charge in [-0.3, -0.25) is 13.9 Å². The van der Waals surface area contributed by atoms with E-state index < -0.39 is 11.2 Å². The highest BCUT2D eigenvalue weighted by Gasteiger charge is 2.11. The zero-order valence-corrected chi connectivity index (χ0v) is 11.4. The van der Waals surface area contributed by atoms with Crippen LogP contribution in [0, 0.1) is 22.7 Å². The Balaban J connectivity index is 2.59. The molecule has 0 fully saturated rings. The van der Waals surface area contributed by atoms with Gasteiger partial charge in [-0.05, 0) is 24.6 Å². The third-order valence-corrected chi connectivity index (χ3v) is 3.10. The van der Waals surface area contributed by atoms with Crippen molar-refractivity contribution in [3.05, 3.63) is 68.0 Å². The van der Waals surface area contributed by atoms with Crippen LogP contribution in [0.3, 0.4) is 0 Å². The fourth-order valence-electron chi connectivity index (χ4n) is 2.02. The van der Waals surface area contributed by atoms with Crippen LogP contribution in [0.25, 0.3) is 0 Å². The van der Waals surface area contributed by atoms with Gasteiger partial charge in [0.15, 0.2) is 0 Å². The Labute approximate surface area is 120 Å². The van der Waals surface area contributed by atoms with Gasteiger partial charge >= 0.3 is 5.69 Å². The van der Waals surface area contributed by atoms with E-state index in [1.54, 1.807) is 37.3 Å². The molecule has 0 amide bonds. The van der Waals surface area contributed by atoms with E-state index in [9.17, 15) is 9.59 Å². The lowest BCUT2D eigenvalue weighted by Gasteiger charge is -2.09. The van der Waals surface area contributed by atoms with E-state index in [2.05, 4.69) is 0 Å². The molecule has 21 heavy (non-hydrogen) atoms. The average molecular weight is 280 g/mol. The van der Waals surface area contributed by atoms with Crippen molar-refractivity contribution in [3.8, 4) is 12.1 Å². The van der Waals surface area contributed by atoms with E-state index in [0.29, 0.717) is 17.7 Å². The fraction of sp³-hybridized carbons (Fsp3) is 0.200. The van der Waals surface area contributed by atoms with E-state index in [-0.39, 0.29) is 12.1 Å². The molecule has 2 rings (SSSR count). The van der Waals surface area contributed by atoms with Gasteiger partial charge in [0.25, 0.3) is 5.56 Å². The Bertz CT molecular complexity index is 878. The number of nitriles is 2. The van der Waals surface area contributed by atoms with E-state index in [1.165, 1.54) is 10.8 Å². The standard InChI is InChI=1S/C15H12N4O2/c1-2-18-10-13(8-17)14(20)19(15(18)21)9-12-5-3-4-11(6-12)7-16/h3-6,10H,2,9H2,1H3. The number of aromatic nitrogens is 2. The van der Waals surface area contributed by atoms with Crippen LogP contribution in [-0.4, -0.2) is 9.13 Å². The predicted octanol–water partition coefficient (Wildman–Crippen LogP) is 0.822. The number of hydrogen-bond acceptors (Lipinski definition) is 4. The van der Waals surface area contributed by atoms with Crippen molar-refractivity contribution in [1.29, 1.82) is 10.5 Å². The first-order valence-electron chi connectivity index (χ1n) is 6.34. The smallest absolute Gasteiger partial charge is 0.299 e. The lowest BCUT2D eigenvalue weighted by Crippen LogP contribution is -2.40. The van der Waals surface area contributed by atoms with E-state index >= 15 is 0 Å². The van der Waals surface area contributed by atoms with Crippen molar-refractivity contribution in [2.75, 3.05) is 0 Å². The van der Waals surface area contributed by atoms with Crippen LogP contribution in [0.5, 0.6) is 0 Å². The van der Waals surface area contributed by atoms with Gasteiger partial charge < -0.3 is 0 Å². The molecule has 0 unspecified atom stereocenters. The highest BCUT2D eigenvalue weighted by molar-refractivity contribution is 5.33. The molecular formula is C15H12N4O2. The molecule has 1 heterocycles. The molecule has 0 spiro atoms. The number of nitrogens with zero attached hydrogens (tertiary/aromatic N) is 4. The van der Waals surface area contributed by atoms with Crippen LogP contribution in [0.2, 0.25) is 0 Å². The van der Waals surface area contributed by atoms with Crippen LogP contribution in [0.15, 0.2) is 40.1 Å². The number of rotatable bonds is 3. The summed E-state index contributed by atoms with van der Waals surface area (Å²) in [5.41, 5.74) is -0.0508. The minimum atomic E-state index is -0.616. The minimum Gasteiger partial charge on any atom is -0.299 e. The number of benzene rings is 1. The van der Waals surface area contributed by atoms with Crippen LogP contribution in [0.4, 0.5) is 0 Å². The van der Waals surface area contributed by atoms with E-state index in [4.69, 9.17) is 10.5 Å². The summed E-state index contributed by atoms with van der Waals surface area (Å²) in [5.74, 6) is 0. The third kappa shape index (κ3) is 2.75. The number of hydrogen-bond donors (Lipinski definition) is 0. The summed E-state index contributed by atoms with van der Waals surface area (Å²) in [7, 11) is 0. The van der Waals surface area contributed by atoms with Gasteiger partial charge in [0.1, 0.15) is 11.6 Å². The maximum absolute atomic E-state index is 12.2. The lowest BCUT2D eigenvalue weighted by atomic mass is 10.1. The van der Waals surface area contributed by atoms with Gasteiger partial charge in [0, 0.05) is 12.7 Å². The molecule has 0 atom stereocenters. The van der Waals surface area contributed by atoms with Crippen molar-refractivity contribution in [3.63, 3.8) is 0 Å². The predicted molar refractivity (Wildman–Crippen MR) is 75.6 cm³/mol. The fourth-order valence-corrected chi connectivity index (χ4v) is 2.02. The van der Waals surface area contributed by atoms with Crippen molar-refractivity contribution >= 4 is 0 Å². The second-order valence-electron chi connectivity index (χ2n) is 4.43. The second-order valence-corrected chi connectivity index (χ2v) is 4.43. The van der Waals surface area contributed by atoms with Gasteiger partial charge in [-0.1, -0.05) is 12.1 Å². The lowest BCUT2D eigenvalue weighted by molar-refractivity contribution is 0.597. The summed E-state index contributed by atoms with van der Waals surface area (Å²) in [6.07, 6.45) is 1.27. The van der Waals surface area contributed by atoms with Gasteiger partial charge in [-0.25, -0.2) is 4.79 Å². The summed E-state index contributed by atoms with van der Waals surface area (Å²) >= 11 is 0. The van der Waals surface area contributed by atoms with Crippen molar-refractivity contribution < 1.29 is 0 Å². The van der Waals surface area contributed by atoms with E-state index in [0.717, 1.165) is 4.57 Å². The first kappa shape index (κ1) is 14.3. The molecule has 1 aromatic carbocycles. The Morgan fingerprint density at radius 1 is 1.19 bits per heavy atom. The van der Waals surface area contributed by atoms with Gasteiger partial charge in [-0.15, -0.1) is 0 Å². The normalized spacial score (nSPS) is 9.86. The molecule has 0 aliphatic rings. The quantitative estimate of drug-likeness (QED) is 0.832. The molecule has 0 aliphatic heterocycles. The van der Waals surface area contributed by atoms with Crippen LogP contribution >= 0.6 is 0 Å². The topological polar surface area (TPSA) is 91.6 Å². The highest BCUT2D eigenvalue weighted by atomic mass is 16.2. The summed E-state index contributed by atoms with van der Waals surface area (Å²) < 4.78 is 2.33. The molecule has 0 radical (unpaired) electrons. The van der Waals surface area contributed by atoms with E-state index in [1.807, 2.05) is 6.07 Å². The SMILES string of the molecule is CCn1cc(C#N)c(=O)n(Cc2cccc(C#N)c2)c1=O. The summed E-state index contributed by atoms with van der Waals surface area (Å²) in [6.45, 7) is 2.16. The van der Waals surface area contributed by atoms with Crippen LogP contribution in [0.1, 0.15) is 23.6 Å². The average Bonchev–Trinajstić information content (AvgIpc) is 2.52. The molecule has 104 valence electrons. The Hall–Kier alpha value is -3.12. The monoisotopic (exact) mass is 280 g/mol. The summed E-state index contributed by atoms with van der Waals surface area (Å²) in [4.78, 5) is 24.3. The van der Waals surface area contributed by atoms with Crippen LogP contribution in [-0.2, 0) is 13.1 Å². The second kappa shape index (κ2) is 5.89. The molecule has 0 aliphatic carbocycles. The zero-order chi connectivity index (χ0) is 15.4. The minimum absolute atomic E-state index is 0.0305. The van der Waals surface area contributed by atoms with Crippen molar-refractivity contribution in [2.24, 2.45) is 0 Å². The van der Waals surface area contributed by atoms with Gasteiger partial charge in [0.2, 0.25) is 0 Å². The Morgan fingerprint density at radius 3 is 2.57 bits per heavy atom. The third-order valence-electron chi connectivity index (χ3n) is 3.10. The summed E-state index contributed by atoms with van der Waals surface area (Å²) in [5, 5.41) is 17.9. The van der Waals surface area contributed by atoms with Crippen molar-refractivity contribution in [2.45, 2.75) is 20.0 Å². The highest BCUT2D eigenvalue weighted by Crippen LogP contribution is 2.04. The Kier molecular flexibility index (Phi) is 4.01. The molecule has 0 saturated heterocycles. The molecular weight excluding hydrogens is 268 g/mol. The molecule has 6 heteroatoms. The van der Waals surface area contributed by atoms with Crippen molar-refractivity contribution in [1.82, 2.24) is 9.13 Å². The molecule has 0 N–H and O–H groups in total. The molecule has 2 aromatic rings.